The molecular formula is C25H16Cl2N2O5S. The molecule has 5 aromatic rings. The van der Waals surface area contributed by atoms with E-state index in [1.165, 1.54) is 16.7 Å². The van der Waals surface area contributed by atoms with Crippen molar-refractivity contribution in [1.29, 1.82) is 0 Å². The van der Waals surface area contributed by atoms with Gasteiger partial charge in [-0.25, -0.2) is 4.79 Å². The Balaban J connectivity index is 1.70. The van der Waals surface area contributed by atoms with Crippen LogP contribution in [0, 0.1) is 0 Å². The van der Waals surface area contributed by atoms with E-state index >= 15 is 0 Å². The van der Waals surface area contributed by atoms with Gasteiger partial charge in [0.1, 0.15) is 17.7 Å². The topological polar surface area (TPSA) is 90.9 Å². The minimum absolute atomic E-state index is 0.166. The smallest absolute Gasteiger partial charge is 0.349 e. The molecule has 0 N–H and O–H groups in total. The second kappa shape index (κ2) is 9.30. The molecule has 176 valence electrons. The van der Waals surface area contributed by atoms with Gasteiger partial charge in [0.05, 0.1) is 21.8 Å². The molecule has 0 aliphatic rings. The van der Waals surface area contributed by atoms with Gasteiger partial charge >= 0.3 is 11.6 Å². The van der Waals surface area contributed by atoms with E-state index in [9.17, 15) is 14.4 Å². The van der Waals surface area contributed by atoms with Crippen LogP contribution in [0.5, 0.6) is 0 Å². The monoisotopic (exact) mass is 526 g/mol. The van der Waals surface area contributed by atoms with E-state index in [0.29, 0.717) is 31.2 Å². The van der Waals surface area contributed by atoms with Crippen molar-refractivity contribution in [3.05, 3.63) is 85.4 Å². The summed E-state index contributed by atoms with van der Waals surface area (Å²) in [5.74, 6) is -1.33. The lowest BCUT2D eigenvalue weighted by Crippen LogP contribution is -2.24. The van der Waals surface area contributed by atoms with Gasteiger partial charge in [-0.3, -0.25) is 9.59 Å². The van der Waals surface area contributed by atoms with Crippen LogP contribution in [-0.2, 0) is 16.1 Å². The van der Waals surface area contributed by atoms with Gasteiger partial charge in [0.2, 0.25) is 0 Å². The molecule has 0 saturated heterocycles. The summed E-state index contributed by atoms with van der Waals surface area (Å²) in [6.45, 7) is 1.66. The number of hydrogen-bond donors (Lipinski definition) is 0. The molecule has 0 aliphatic carbocycles. The molecule has 0 radical (unpaired) electrons. The molecule has 35 heavy (non-hydrogen) atoms. The number of nitrogens with zero attached hydrogens (tertiary/aromatic N) is 2. The number of amides is 1. The van der Waals surface area contributed by atoms with Crippen LogP contribution in [0.25, 0.3) is 32.0 Å². The molecule has 7 nitrogen and oxygen atoms in total. The number of fused-ring (bicyclic) bond motifs is 4. The fraction of sp³-hybridized carbons (Fsp3) is 0.120. The van der Waals surface area contributed by atoms with Crippen molar-refractivity contribution in [2.24, 2.45) is 4.99 Å². The Morgan fingerprint density at radius 3 is 2.69 bits per heavy atom. The fourth-order valence-electron chi connectivity index (χ4n) is 3.86. The molecule has 0 atom stereocenters. The lowest BCUT2D eigenvalue weighted by Gasteiger charge is -2.06. The first-order valence-electron chi connectivity index (χ1n) is 10.5. The molecule has 5 rings (SSSR count). The fourth-order valence-corrected chi connectivity index (χ4v) is 5.67. The summed E-state index contributed by atoms with van der Waals surface area (Å²) in [4.78, 5) is 42.5. The van der Waals surface area contributed by atoms with Gasteiger partial charge in [0.15, 0.2) is 4.80 Å². The summed E-state index contributed by atoms with van der Waals surface area (Å²) in [6.07, 6.45) is 0. The van der Waals surface area contributed by atoms with Gasteiger partial charge in [-0.1, -0.05) is 64.9 Å². The van der Waals surface area contributed by atoms with Crippen molar-refractivity contribution in [3.8, 4) is 0 Å². The average Bonchev–Trinajstić information content (AvgIpc) is 3.15. The molecule has 0 saturated carbocycles. The molecule has 1 amide bonds. The van der Waals surface area contributed by atoms with E-state index in [1.54, 1.807) is 19.1 Å². The lowest BCUT2D eigenvalue weighted by molar-refractivity contribution is -0.143. The van der Waals surface area contributed by atoms with E-state index in [4.69, 9.17) is 32.4 Å². The number of carbonyl (C=O) groups excluding carboxylic acids is 2. The summed E-state index contributed by atoms with van der Waals surface area (Å²) in [7, 11) is 0. The highest BCUT2D eigenvalue weighted by Gasteiger charge is 2.18. The molecule has 0 unspecified atom stereocenters. The first-order valence-corrected chi connectivity index (χ1v) is 12.1. The molecular weight excluding hydrogens is 511 g/mol. The minimum Gasteiger partial charge on any atom is -0.465 e. The maximum Gasteiger partial charge on any atom is 0.349 e. The Labute approximate surface area is 211 Å². The zero-order valence-electron chi connectivity index (χ0n) is 18.2. The number of ether oxygens (including phenoxy) is 1. The Morgan fingerprint density at radius 2 is 1.89 bits per heavy atom. The first-order chi connectivity index (χ1) is 16.9. The summed E-state index contributed by atoms with van der Waals surface area (Å²) in [5.41, 5.74) is -0.179. The lowest BCUT2D eigenvalue weighted by atomic mass is 10.0. The number of carbonyl (C=O) groups is 2. The van der Waals surface area contributed by atoms with Crippen molar-refractivity contribution < 1.29 is 18.7 Å². The van der Waals surface area contributed by atoms with Crippen LogP contribution in [0.15, 0.2) is 68.8 Å². The third-order valence-corrected chi connectivity index (χ3v) is 6.89. The van der Waals surface area contributed by atoms with E-state index in [0.717, 1.165) is 22.1 Å². The summed E-state index contributed by atoms with van der Waals surface area (Å²) < 4.78 is 12.6. The van der Waals surface area contributed by atoms with Crippen LogP contribution in [0.1, 0.15) is 17.3 Å². The predicted octanol–water partition coefficient (Wildman–Crippen LogP) is 5.57. The van der Waals surface area contributed by atoms with Gasteiger partial charge in [0, 0.05) is 10.4 Å². The molecule has 0 aliphatic heterocycles. The Hall–Kier alpha value is -3.46. The van der Waals surface area contributed by atoms with Crippen molar-refractivity contribution in [1.82, 2.24) is 4.57 Å². The highest BCUT2D eigenvalue weighted by molar-refractivity contribution is 7.16. The summed E-state index contributed by atoms with van der Waals surface area (Å²) >= 11 is 13.6. The Kier molecular flexibility index (Phi) is 6.19. The highest BCUT2D eigenvalue weighted by atomic mass is 35.5. The van der Waals surface area contributed by atoms with Crippen LogP contribution in [0.4, 0.5) is 0 Å². The maximum atomic E-state index is 13.2. The number of thiazole rings is 1. The van der Waals surface area contributed by atoms with Crippen molar-refractivity contribution in [3.63, 3.8) is 0 Å². The zero-order valence-corrected chi connectivity index (χ0v) is 20.5. The number of benzene rings is 3. The molecule has 0 bridgehead atoms. The van der Waals surface area contributed by atoms with Gasteiger partial charge < -0.3 is 13.7 Å². The SMILES string of the molecule is CCOC(=O)Cn1c(=NC(=O)c2cc3c(ccc4ccccc43)oc2=O)sc2cc(Cl)cc(Cl)c21. The van der Waals surface area contributed by atoms with Gasteiger partial charge in [0.25, 0.3) is 5.91 Å². The molecule has 3 aromatic carbocycles. The number of esters is 1. The minimum atomic E-state index is -0.806. The molecule has 10 heteroatoms. The number of hydrogen-bond acceptors (Lipinski definition) is 6. The van der Waals surface area contributed by atoms with E-state index < -0.39 is 17.5 Å². The van der Waals surface area contributed by atoms with Gasteiger partial charge in [-0.15, -0.1) is 0 Å². The average molecular weight is 527 g/mol. The summed E-state index contributed by atoms with van der Waals surface area (Å²) in [6, 6.07) is 15.8. The largest absolute Gasteiger partial charge is 0.465 e. The van der Waals surface area contributed by atoms with Crippen LogP contribution < -0.4 is 10.4 Å². The van der Waals surface area contributed by atoms with E-state index in [1.807, 2.05) is 30.3 Å². The number of halogens is 2. The van der Waals surface area contributed by atoms with E-state index in [-0.39, 0.29) is 23.5 Å². The number of aromatic nitrogens is 1. The third-order valence-electron chi connectivity index (χ3n) is 5.36. The third kappa shape index (κ3) is 4.36. The van der Waals surface area contributed by atoms with E-state index in [2.05, 4.69) is 4.99 Å². The maximum absolute atomic E-state index is 13.2. The second-order valence-electron chi connectivity index (χ2n) is 7.57. The van der Waals surface area contributed by atoms with Crippen LogP contribution in [0.3, 0.4) is 0 Å². The van der Waals surface area contributed by atoms with Gasteiger partial charge in [-0.05, 0) is 42.0 Å². The first kappa shape index (κ1) is 23.3. The predicted molar refractivity (Wildman–Crippen MR) is 136 cm³/mol. The number of rotatable bonds is 4. The Bertz CT molecular complexity index is 1780. The normalized spacial score (nSPS) is 12.0. The molecule has 0 fully saturated rings. The Morgan fingerprint density at radius 1 is 1.09 bits per heavy atom. The second-order valence-corrected chi connectivity index (χ2v) is 9.43. The van der Waals surface area contributed by atoms with Crippen LogP contribution in [0.2, 0.25) is 10.0 Å². The summed E-state index contributed by atoms with van der Waals surface area (Å²) in [5, 5.41) is 3.08. The van der Waals surface area contributed by atoms with Crippen LogP contribution in [-0.4, -0.2) is 23.1 Å². The standard InChI is InChI=1S/C25H16Cl2N2O5S/c1-2-33-21(30)12-29-22-18(27)9-14(26)10-20(22)35-25(29)28-23(31)17-11-16-15-6-4-3-5-13(15)7-8-19(16)34-24(17)32/h3-11H,2,12H2,1H3. The molecule has 2 heterocycles. The highest BCUT2D eigenvalue weighted by Crippen LogP contribution is 2.30. The van der Waals surface area contributed by atoms with Crippen LogP contribution >= 0.6 is 34.5 Å². The van der Waals surface area contributed by atoms with Crippen molar-refractivity contribution in [2.75, 3.05) is 6.61 Å². The van der Waals surface area contributed by atoms with Crippen molar-refractivity contribution in [2.45, 2.75) is 13.5 Å². The molecule has 2 aromatic heterocycles. The quantitative estimate of drug-likeness (QED) is 0.173. The van der Waals surface area contributed by atoms with Crippen molar-refractivity contribution >= 4 is 78.4 Å². The molecule has 0 spiro atoms. The zero-order chi connectivity index (χ0) is 24.7. The van der Waals surface area contributed by atoms with Gasteiger partial charge in [-0.2, -0.15) is 4.99 Å².